The predicted molar refractivity (Wildman–Crippen MR) is 147 cm³/mol. The molecule has 40 heavy (non-hydrogen) atoms. The Balaban J connectivity index is 1.25. The molecule has 2 aliphatic heterocycles. The fraction of sp³-hybridized carbons (Fsp3) is 0.500. The molecule has 3 atom stereocenters. The fourth-order valence-corrected chi connectivity index (χ4v) is 7.28. The van der Waals surface area contributed by atoms with Crippen molar-refractivity contribution in [3.8, 4) is 30.0 Å². The molecule has 206 valence electrons. The number of hydrogen-bond acceptors (Lipinski definition) is 13. The molecule has 14 heteroatoms. The van der Waals surface area contributed by atoms with Crippen molar-refractivity contribution in [1.29, 1.82) is 0 Å². The van der Waals surface area contributed by atoms with Crippen molar-refractivity contribution in [1.82, 2.24) is 45.4 Å². The lowest BCUT2D eigenvalue weighted by atomic mass is 9.72. The maximum atomic E-state index is 6.28. The summed E-state index contributed by atoms with van der Waals surface area (Å²) in [5.74, 6) is 4.32. The number of aromatic nitrogens is 8. The maximum absolute atomic E-state index is 6.28. The van der Waals surface area contributed by atoms with E-state index in [0.717, 1.165) is 62.0 Å². The minimum absolute atomic E-state index is 0.171. The van der Waals surface area contributed by atoms with Gasteiger partial charge in [-0.15, -0.1) is 22.9 Å². The van der Waals surface area contributed by atoms with Gasteiger partial charge in [-0.3, -0.25) is 0 Å². The molecule has 3 aliphatic rings. The number of fused-ring (bicyclic) bond motifs is 3. The van der Waals surface area contributed by atoms with Crippen molar-refractivity contribution in [3.05, 3.63) is 33.8 Å². The van der Waals surface area contributed by atoms with Gasteiger partial charge in [-0.2, -0.15) is 19.9 Å². The van der Waals surface area contributed by atoms with Gasteiger partial charge in [0, 0.05) is 37.1 Å². The monoisotopic (exact) mass is 559 g/mol. The minimum Gasteiger partial charge on any atom is -0.457 e. The lowest BCUT2D eigenvalue weighted by molar-refractivity contribution is 0.270. The van der Waals surface area contributed by atoms with Crippen LogP contribution in [0.5, 0.6) is 6.01 Å². The zero-order chi connectivity index (χ0) is 27.4. The Kier molecular flexibility index (Phi) is 5.93. The third kappa shape index (κ3) is 4.16. The highest BCUT2D eigenvalue weighted by atomic mass is 32.1. The van der Waals surface area contributed by atoms with Crippen molar-refractivity contribution in [2.45, 2.75) is 63.1 Å². The van der Waals surface area contributed by atoms with Crippen molar-refractivity contribution in [2.75, 3.05) is 23.7 Å². The topological polar surface area (TPSA) is 159 Å². The standard InChI is InChI=1S/C26H29N11O2S/c1-4-17-19-18(40-20(17)27)6-5-9-26(19,2)23-30-22(34-39-23)21-31-24(37-11-14-7-8-15(12-37)29-14)33-25(32-21)38-13-16-10-28-35-36(16)3/h1,10,14-15,29H,5-9,11-13,27H2,2-3H3/t14?,15?,26-/m1/s1. The first-order valence-electron chi connectivity index (χ1n) is 13.4. The summed E-state index contributed by atoms with van der Waals surface area (Å²) in [6.45, 7) is 3.89. The molecular formula is C26H29N11O2S. The Morgan fingerprint density at radius 1 is 1.23 bits per heavy atom. The molecular weight excluding hydrogens is 530 g/mol. The minimum atomic E-state index is -0.561. The number of nitrogens with one attached hydrogen (secondary N) is 1. The number of rotatable bonds is 6. The van der Waals surface area contributed by atoms with Crippen LogP contribution in [0, 0.1) is 12.3 Å². The summed E-state index contributed by atoms with van der Waals surface area (Å²) in [6, 6.07) is 0.985. The average Bonchev–Trinajstić information content (AvgIpc) is 3.74. The summed E-state index contributed by atoms with van der Waals surface area (Å²) < 4.78 is 13.5. The van der Waals surface area contributed by atoms with Crippen molar-refractivity contribution >= 4 is 22.3 Å². The zero-order valence-corrected chi connectivity index (χ0v) is 23.1. The van der Waals surface area contributed by atoms with Gasteiger partial charge in [0.15, 0.2) is 0 Å². The highest BCUT2D eigenvalue weighted by Crippen LogP contribution is 2.48. The van der Waals surface area contributed by atoms with Gasteiger partial charge in [-0.05, 0) is 44.6 Å². The SMILES string of the molecule is C#Cc1c(N)sc2c1[C@](C)(c1nc(-c3nc(OCc4cnnn4C)nc(N4CC5CCC(C4)N5)n3)no1)CCC2. The smallest absolute Gasteiger partial charge is 0.322 e. The zero-order valence-electron chi connectivity index (χ0n) is 22.3. The number of nitrogens with zero attached hydrogens (tertiary/aromatic N) is 9. The van der Waals surface area contributed by atoms with Gasteiger partial charge in [-0.1, -0.05) is 16.3 Å². The second kappa shape index (κ2) is 9.53. The molecule has 1 aliphatic carbocycles. The average molecular weight is 560 g/mol. The number of ether oxygens (including phenoxy) is 1. The van der Waals surface area contributed by atoms with Crippen LogP contribution < -0.4 is 20.7 Å². The number of terminal acetylenes is 1. The predicted octanol–water partition coefficient (Wildman–Crippen LogP) is 1.84. The molecule has 2 saturated heterocycles. The molecule has 13 nitrogen and oxygen atoms in total. The lowest BCUT2D eigenvalue weighted by Crippen LogP contribution is -2.51. The van der Waals surface area contributed by atoms with Gasteiger partial charge in [0.25, 0.3) is 0 Å². The quantitative estimate of drug-likeness (QED) is 0.331. The first kappa shape index (κ1) is 24.9. The summed E-state index contributed by atoms with van der Waals surface area (Å²) in [7, 11) is 1.80. The molecule has 2 unspecified atom stereocenters. The molecule has 0 saturated carbocycles. The van der Waals surface area contributed by atoms with Crippen molar-refractivity contribution in [2.24, 2.45) is 7.05 Å². The van der Waals surface area contributed by atoms with Gasteiger partial charge in [-0.25, -0.2) is 4.68 Å². The number of aryl methyl sites for hydroxylation is 2. The Morgan fingerprint density at radius 2 is 2.05 bits per heavy atom. The molecule has 2 bridgehead atoms. The van der Waals surface area contributed by atoms with Crippen LogP contribution >= 0.6 is 11.3 Å². The van der Waals surface area contributed by atoms with Crippen LogP contribution in [0.3, 0.4) is 0 Å². The third-order valence-corrected chi connectivity index (χ3v) is 9.22. The second-order valence-corrected chi connectivity index (χ2v) is 12.0. The summed E-state index contributed by atoms with van der Waals surface area (Å²) in [4.78, 5) is 22.2. The molecule has 0 aromatic carbocycles. The van der Waals surface area contributed by atoms with E-state index in [0.29, 0.717) is 28.9 Å². The van der Waals surface area contributed by atoms with E-state index >= 15 is 0 Å². The van der Waals surface area contributed by atoms with Crippen molar-refractivity contribution in [3.63, 3.8) is 0 Å². The van der Waals surface area contributed by atoms with Gasteiger partial charge in [0.2, 0.25) is 23.5 Å². The summed E-state index contributed by atoms with van der Waals surface area (Å²) >= 11 is 1.55. The van der Waals surface area contributed by atoms with Crippen LogP contribution in [-0.4, -0.2) is 65.3 Å². The third-order valence-electron chi connectivity index (χ3n) is 8.14. The van der Waals surface area contributed by atoms with E-state index in [1.165, 1.54) is 4.88 Å². The highest BCUT2D eigenvalue weighted by molar-refractivity contribution is 7.16. The van der Waals surface area contributed by atoms with E-state index in [2.05, 4.69) is 48.5 Å². The van der Waals surface area contributed by atoms with E-state index < -0.39 is 5.41 Å². The van der Waals surface area contributed by atoms with Crippen molar-refractivity contribution < 1.29 is 9.26 Å². The highest BCUT2D eigenvalue weighted by Gasteiger charge is 2.43. The molecule has 2 fully saturated rings. The number of thiophene rings is 1. The van der Waals surface area contributed by atoms with E-state index in [4.69, 9.17) is 31.4 Å². The van der Waals surface area contributed by atoms with Gasteiger partial charge < -0.3 is 25.2 Å². The van der Waals surface area contributed by atoms with E-state index in [1.54, 1.807) is 29.3 Å². The Bertz CT molecular complexity index is 1610. The normalized spacial score (nSPS) is 23.7. The first-order valence-corrected chi connectivity index (χ1v) is 14.2. The Hall–Kier alpha value is -4.09. The van der Waals surface area contributed by atoms with E-state index in [-0.39, 0.29) is 24.3 Å². The van der Waals surface area contributed by atoms with Crippen LogP contribution in [0.1, 0.15) is 60.2 Å². The van der Waals surface area contributed by atoms with E-state index in [1.807, 2.05) is 0 Å². The first-order chi connectivity index (χ1) is 19.4. The van der Waals surface area contributed by atoms with Crippen LogP contribution in [0.4, 0.5) is 10.9 Å². The molecule has 0 amide bonds. The summed E-state index contributed by atoms with van der Waals surface area (Å²) in [5.41, 5.74) is 8.23. The number of nitrogen functional groups attached to an aromatic ring is 1. The van der Waals surface area contributed by atoms with Gasteiger partial charge >= 0.3 is 6.01 Å². The fourth-order valence-electron chi connectivity index (χ4n) is 6.07. The van der Waals surface area contributed by atoms with Crippen LogP contribution in [-0.2, 0) is 25.5 Å². The molecule has 4 aromatic heterocycles. The van der Waals surface area contributed by atoms with Crippen LogP contribution in [0.15, 0.2) is 10.7 Å². The van der Waals surface area contributed by atoms with Gasteiger partial charge in [0.1, 0.15) is 11.6 Å². The van der Waals surface area contributed by atoms with E-state index in [9.17, 15) is 0 Å². The number of nitrogens with two attached hydrogens (primary N) is 1. The van der Waals surface area contributed by atoms with Crippen LogP contribution in [0.2, 0.25) is 0 Å². The van der Waals surface area contributed by atoms with Gasteiger partial charge in [0.05, 0.1) is 22.9 Å². The molecule has 0 spiro atoms. The number of anilines is 2. The molecule has 4 aromatic rings. The number of piperazine rings is 1. The molecule has 0 radical (unpaired) electrons. The second-order valence-electron chi connectivity index (χ2n) is 10.8. The van der Waals surface area contributed by atoms with Crippen LogP contribution in [0.25, 0.3) is 11.6 Å². The summed E-state index contributed by atoms with van der Waals surface area (Å²) in [5, 5.41) is 16.5. The molecule has 3 N–H and O–H groups in total. The summed E-state index contributed by atoms with van der Waals surface area (Å²) in [6.07, 6.45) is 12.5. The maximum Gasteiger partial charge on any atom is 0.322 e. The Labute approximate surface area is 234 Å². The molecule has 7 rings (SSSR count). The number of hydrogen-bond donors (Lipinski definition) is 2. The molecule has 6 heterocycles. The largest absolute Gasteiger partial charge is 0.457 e. The Morgan fingerprint density at radius 3 is 2.80 bits per heavy atom. The lowest BCUT2D eigenvalue weighted by Gasteiger charge is -2.32.